The summed E-state index contributed by atoms with van der Waals surface area (Å²) in [7, 11) is 0. The van der Waals surface area contributed by atoms with Gasteiger partial charge in [0.05, 0.1) is 0 Å². The Hall–Kier alpha value is -0.780. The summed E-state index contributed by atoms with van der Waals surface area (Å²) in [4.78, 5) is 0. The molecule has 0 radical (unpaired) electrons. The van der Waals surface area contributed by atoms with Crippen LogP contribution in [0.5, 0.6) is 0 Å². The van der Waals surface area contributed by atoms with E-state index in [1.54, 1.807) is 0 Å². The lowest BCUT2D eigenvalue weighted by Gasteiger charge is -2.24. The second kappa shape index (κ2) is 5.34. The SMILES string of the molecule is OCCC1C#CC(C2CCNCC2)=CC1. The Bertz CT molecular complexity index is 291. The van der Waals surface area contributed by atoms with E-state index in [4.69, 9.17) is 5.11 Å². The van der Waals surface area contributed by atoms with Crippen molar-refractivity contribution >= 4 is 0 Å². The molecule has 2 N–H and O–H groups in total. The fraction of sp³-hybridized carbons (Fsp3) is 0.692. The van der Waals surface area contributed by atoms with Gasteiger partial charge in [0.25, 0.3) is 0 Å². The molecule has 1 aliphatic heterocycles. The van der Waals surface area contributed by atoms with Crippen LogP contribution in [0.3, 0.4) is 0 Å². The smallest absolute Gasteiger partial charge is 0.0442 e. The molecule has 0 bridgehead atoms. The molecule has 1 saturated heterocycles. The van der Waals surface area contributed by atoms with E-state index in [1.165, 1.54) is 18.4 Å². The summed E-state index contributed by atoms with van der Waals surface area (Å²) in [5.74, 6) is 7.64. The molecule has 0 aromatic heterocycles. The fourth-order valence-corrected chi connectivity index (χ4v) is 2.31. The third-order valence-electron chi connectivity index (χ3n) is 3.30. The highest BCUT2D eigenvalue weighted by Crippen LogP contribution is 2.25. The highest BCUT2D eigenvalue weighted by molar-refractivity contribution is 5.35. The Labute approximate surface area is 91.8 Å². The average Bonchev–Trinajstić information content (AvgIpc) is 2.32. The second-order valence-corrected chi connectivity index (χ2v) is 4.40. The van der Waals surface area contributed by atoms with Gasteiger partial charge in [0.2, 0.25) is 0 Å². The summed E-state index contributed by atoms with van der Waals surface area (Å²) < 4.78 is 0. The number of rotatable bonds is 3. The van der Waals surface area contributed by atoms with Gasteiger partial charge in [-0.15, -0.1) is 0 Å². The number of nitrogens with one attached hydrogen (secondary N) is 1. The van der Waals surface area contributed by atoms with Gasteiger partial charge in [-0.2, -0.15) is 0 Å². The summed E-state index contributed by atoms with van der Waals surface area (Å²) in [6.45, 7) is 2.52. The van der Waals surface area contributed by atoms with Crippen molar-refractivity contribution in [3.05, 3.63) is 11.6 Å². The standard InChI is InChI=1S/C13H19NO/c15-10-7-11-1-3-12(4-2-11)13-5-8-14-9-6-13/h3,11,13-15H,1,5-10H2. The zero-order valence-electron chi connectivity index (χ0n) is 9.13. The molecule has 0 amide bonds. The molecule has 2 aliphatic rings. The summed E-state index contributed by atoms with van der Waals surface area (Å²) in [5, 5.41) is 12.2. The summed E-state index contributed by atoms with van der Waals surface area (Å²) >= 11 is 0. The monoisotopic (exact) mass is 205 g/mol. The van der Waals surface area contributed by atoms with Gasteiger partial charge in [0, 0.05) is 18.1 Å². The van der Waals surface area contributed by atoms with Crippen molar-refractivity contribution in [2.24, 2.45) is 11.8 Å². The van der Waals surface area contributed by atoms with Crippen molar-refractivity contribution in [3.63, 3.8) is 0 Å². The molecule has 2 nitrogen and oxygen atoms in total. The number of aliphatic hydroxyl groups excluding tert-OH is 1. The lowest BCUT2D eigenvalue weighted by atomic mass is 9.85. The van der Waals surface area contributed by atoms with Gasteiger partial charge in [-0.1, -0.05) is 17.9 Å². The predicted octanol–water partition coefficient (Wildman–Crippen LogP) is 1.32. The fourth-order valence-electron chi connectivity index (χ4n) is 2.31. The zero-order chi connectivity index (χ0) is 10.5. The largest absolute Gasteiger partial charge is 0.396 e. The number of hydrogen-bond acceptors (Lipinski definition) is 2. The molecule has 2 heteroatoms. The summed E-state index contributed by atoms with van der Waals surface area (Å²) in [6, 6.07) is 0. The van der Waals surface area contributed by atoms with Crippen LogP contribution in [0.1, 0.15) is 25.7 Å². The molecule has 1 atom stereocenters. The van der Waals surface area contributed by atoms with Gasteiger partial charge in [-0.25, -0.2) is 0 Å². The minimum absolute atomic E-state index is 0.260. The molecule has 15 heavy (non-hydrogen) atoms. The van der Waals surface area contributed by atoms with Gasteiger partial charge in [-0.05, 0) is 44.7 Å². The lowest BCUT2D eigenvalue weighted by molar-refractivity contribution is 0.272. The van der Waals surface area contributed by atoms with Gasteiger partial charge in [0.15, 0.2) is 0 Å². The highest BCUT2D eigenvalue weighted by Gasteiger charge is 2.18. The van der Waals surface area contributed by atoms with Gasteiger partial charge >= 0.3 is 0 Å². The van der Waals surface area contributed by atoms with Crippen molar-refractivity contribution in [2.75, 3.05) is 19.7 Å². The first-order valence-electron chi connectivity index (χ1n) is 5.93. The van der Waals surface area contributed by atoms with Crippen LogP contribution in [0.15, 0.2) is 11.6 Å². The first kappa shape index (κ1) is 10.7. The minimum Gasteiger partial charge on any atom is -0.396 e. The summed E-state index contributed by atoms with van der Waals surface area (Å²) in [5.41, 5.74) is 1.35. The van der Waals surface area contributed by atoms with Crippen molar-refractivity contribution in [1.29, 1.82) is 0 Å². The van der Waals surface area contributed by atoms with Crippen LogP contribution in [0.2, 0.25) is 0 Å². The molecule has 0 aromatic carbocycles. The quantitative estimate of drug-likeness (QED) is 0.681. The van der Waals surface area contributed by atoms with Crippen LogP contribution >= 0.6 is 0 Å². The van der Waals surface area contributed by atoms with Crippen molar-refractivity contribution in [1.82, 2.24) is 5.32 Å². The van der Waals surface area contributed by atoms with Crippen LogP contribution in [0.25, 0.3) is 0 Å². The van der Waals surface area contributed by atoms with Crippen LogP contribution in [-0.2, 0) is 0 Å². The molecule has 0 aromatic rings. The van der Waals surface area contributed by atoms with E-state index in [1.807, 2.05) is 0 Å². The maximum Gasteiger partial charge on any atom is 0.0442 e. The highest BCUT2D eigenvalue weighted by atomic mass is 16.3. The summed E-state index contributed by atoms with van der Waals surface area (Å²) in [6.07, 6.45) is 6.61. The molecule has 0 saturated carbocycles. The number of hydrogen-bond donors (Lipinski definition) is 2. The normalized spacial score (nSPS) is 26.7. The van der Waals surface area contributed by atoms with Crippen molar-refractivity contribution < 1.29 is 5.11 Å². The van der Waals surface area contributed by atoms with E-state index in [9.17, 15) is 0 Å². The first-order valence-corrected chi connectivity index (χ1v) is 5.93. The van der Waals surface area contributed by atoms with E-state index in [-0.39, 0.29) is 6.61 Å². The third-order valence-corrected chi connectivity index (χ3v) is 3.30. The maximum absolute atomic E-state index is 8.84. The first-order chi connectivity index (χ1) is 7.40. The van der Waals surface area contributed by atoms with Gasteiger partial charge in [0.1, 0.15) is 0 Å². The second-order valence-electron chi connectivity index (χ2n) is 4.40. The number of allylic oxidation sites excluding steroid dienone is 2. The van der Waals surface area contributed by atoms with Crippen molar-refractivity contribution in [2.45, 2.75) is 25.7 Å². The Kier molecular flexibility index (Phi) is 3.82. The maximum atomic E-state index is 8.84. The van der Waals surface area contributed by atoms with Crippen molar-refractivity contribution in [3.8, 4) is 11.8 Å². The zero-order valence-corrected chi connectivity index (χ0v) is 9.13. The lowest BCUT2D eigenvalue weighted by Crippen LogP contribution is -2.28. The van der Waals surface area contributed by atoms with E-state index in [0.29, 0.717) is 11.8 Å². The third kappa shape index (κ3) is 2.84. The van der Waals surface area contributed by atoms with Gasteiger partial charge < -0.3 is 10.4 Å². The molecule has 1 fully saturated rings. The number of piperidine rings is 1. The molecular formula is C13H19NO. The predicted molar refractivity (Wildman–Crippen MR) is 61.3 cm³/mol. The Morgan fingerprint density at radius 2 is 2.20 bits per heavy atom. The minimum atomic E-state index is 0.260. The molecule has 1 unspecified atom stereocenters. The van der Waals surface area contributed by atoms with E-state index >= 15 is 0 Å². The molecule has 0 spiro atoms. The Balaban J connectivity index is 1.91. The van der Waals surface area contributed by atoms with Crippen LogP contribution < -0.4 is 5.32 Å². The van der Waals surface area contributed by atoms with Gasteiger partial charge in [-0.3, -0.25) is 0 Å². The van der Waals surface area contributed by atoms with E-state index in [2.05, 4.69) is 23.2 Å². The molecular weight excluding hydrogens is 186 g/mol. The molecule has 1 aliphatic carbocycles. The molecule has 1 heterocycles. The topological polar surface area (TPSA) is 32.3 Å². The molecule has 82 valence electrons. The molecule has 2 rings (SSSR count). The van der Waals surface area contributed by atoms with E-state index in [0.717, 1.165) is 25.9 Å². The Morgan fingerprint density at radius 1 is 1.40 bits per heavy atom. The van der Waals surface area contributed by atoms with Crippen LogP contribution in [0.4, 0.5) is 0 Å². The van der Waals surface area contributed by atoms with Crippen LogP contribution in [-0.4, -0.2) is 24.8 Å². The van der Waals surface area contributed by atoms with Crippen LogP contribution in [0, 0.1) is 23.7 Å². The number of aliphatic hydroxyl groups is 1. The Morgan fingerprint density at radius 3 is 2.80 bits per heavy atom. The van der Waals surface area contributed by atoms with E-state index < -0.39 is 0 Å². The average molecular weight is 205 g/mol.